The number of amides is 2. The van der Waals surface area contributed by atoms with E-state index in [1.165, 1.54) is 20.3 Å². The molecular formula is C28H27NO9. The highest BCUT2D eigenvalue weighted by molar-refractivity contribution is 6.23. The Hall–Kier alpha value is -4.21. The topological polar surface area (TPSA) is 148 Å². The van der Waals surface area contributed by atoms with E-state index in [4.69, 9.17) is 14.6 Å². The Bertz CT molecular complexity index is 1370. The first-order valence-electron chi connectivity index (χ1n) is 12.3. The smallest absolute Gasteiger partial charge is 0.305 e. The van der Waals surface area contributed by atoms with Gasteiger partial charge < -0.3 is 19.7 Å². The summed E-state index contributed by atoms with van der Waals surface area (Å²) in [5.41, 5.74) is 2.18. The SMILES string of the molecule is COc1cc([C@H]2C3=CC[C@@H]4C(=O)N(CCC(=O)O)C(=O)[C@@H]4[C@@H]3CC3=C2C(=O)C(C)=CC3=O)cc(OC)c1O. The monoisotopic (exact) mass is 521 g/mol. The predicted octanol–water partition coefficient (Wildman–Crippen LogP) is 2.31. The zero-order chi connectivity index (χ0) is 27.5. The maximum Gasteiger partial charge on any atom is 0.305 e. The number of rotatable bonds is 6. The number of imide groups is 1. The van der Waals surface area contributed by atoms with Crippen molar-refractivity contribution >= 4 is 29.4 Å². The Balaban J connectivity index is 1.66. The number of ether oxygens (including phenoxy) is 2. The molecule has 10 nitrogen and oxygen atoms in total. The molecule has 1 heterocycles. The van der Waals surface area contributed by atoms with E-state index in [1.807, 2.05) is 6.08 Å². The number of nitrogens with zero attached hydrogens (tertiary/aromatic N) is 1. The summed E-state index contributed by atoms with van der Waals surface area (Å²) < 4.78 is 10.7. The summed E-state index contributed by atoms with van der Waals surface area (Å²) in [4.78, 5) is 65.4. The molecule has 0 bridgehead atoms. The zero-order valence-corrected chi connectivity index (χ0v) is 21.1. The molecular weight excluding hydrogens is 494 g/mol. The molecule has 1 saturated heterocycles. The number of carbonyl (C=O) groups excluding carboxylic acids is 4. The number of Topliss-reactive ketones (excluding diaryl/α,β-unsaturated/α-hetero) is 1. The number of hydrogen-bond acceptors (Lipinski definition) is 8. The lowest BCUT2D eigenvalue weighted by Crippen LogP contribution is -2.40. The third kappa shape index (κ3) is 3.74. The normalized spacial score (nSPS) is 26.4. The highest BCUT2D eigenvalue weighted by Crippen LogP contribution is 2.56. The Morgan fingerprint density at radius 3 is 2.32 bits per heavy atom. The molecule has 5 rings (SSSR count). The molecule has 4 atom stereocenters. The second-order valence-corrected chi connectivity index (χ2v) is 9.97. The summed E-state index contributed by atoms with van der Waals surface area (Å²) in [5.74, 6) is -5.28. The van der Waals surface area contributed by atoms with Crippen LogP contribution in [0, 0.1) is 17.8 Å². The lowest BCUT2D eigenvalue weighted by molar-refractivity contribution is -0.142. The van der Waals surface area contributed by atoms with E-state index in [2.05, 4.69) is 0 Å². The van der Waals surface area contributed by atoms with Gasteiger partial charge in [-0.05, 0) is 49.5 Å². The molecule has 1 aromatic carbocycles. The zero-order valence-electron chi connectivity index (χ0n) is 21.1. The molecule has 198 valence electrons. The van der Waals surface area contributed by atoms with Gasteiger partial charge in [0, 0.05) is 29.2 Å². The number of likely N-dealkylation sites (tertiary alicyclic amines) is 1. The molecule has 3 aliphatic carbocycles. The van der Waals surface area contributed by atoms with E-state index >= 15 is 0 Å². The van der Waals surface area contributed by atoms with Crippen LogP contribution in [0.2, 0.25) is 0 Å². The molecule has 2 N–H and O–H groups in total. The van der Waals surface area contributed by atoms with Crippen LogP contribution < -0.4 is 9.47 Å². The Morgan fingerprint density at radius 2 is 1.71 bits per heavy atom. The molecule has 0 unspecified atom stereocenters. The van der Waals surface area contributed by atoms with Crippen molar-refractivity contribution in [1.82, 2.24) is 4.90 Å². The van der Waals surface area contributed by atoms with Crippen molar-refractivity contribution < 1.29 is 43.7 Å². The van der Waals surface area contributed by atoms with Gasteiger partial charge in [0.25, 0.3) is 0 Å². The van der Waals surface area contributed by atoms with Gasteiger partial charge in [-0.25, -0.2) is 0 Å². The van der Waals surface area contributed by atoms with Crippen molar-refractivity contribution in [3.8, 4) is 17.2 Å². The molecule has 2 amide bonds. The fourth-order valence-corrected chi connectivity index (χ4v) is 6.31. The molecule has 1 aliphatic heterocycles. The van der Waals surface area contributed by atoms with Crippen molar-refractivity contribution in [2.75, 3.05) is 20.8 Å². The first-order chi connectivity index (χ1) is 18.1. The minimum atomic E-state index is -1.12. The van der Waals surface area contributed by atoms with E-state index in [9.17, 15) is 29.1 Å². The molecule has 0 aromatic heterocycles. The first kappa shape index (κ1) is 25.4. The van der Waals surface area contributed by atoms with Crippen LogP contribution in [-0.4, -0.2) is 65.2 Å². The summed E-state index contributed by atoms with van der Waals surface area (Å²) in [5, 5.41) is 19.6. The predicted molar refractivity (Wildman–Crippen MR) is 132 cm³/mol. The number of carboxylic acid groups (broad SMARTS) is 1. The molecule has 38 heavy (non-hydrogen) atoms. The number of aromatic hydroxyl groups is 1. The average Bonchev–Trinajstić information content (AvgIpc) is 3.14. The standard InChI is InChI=1S/C28H27NO9/c1-12-8-18(30)17-11-16-14(4-5-15-23(16)28(36)29(27(15)35)7-6-21(31)32)22(24(17)25(12)33)13-9-19(37-2)26(34)20(10-13)38-3/h4,8-10,15-16,22-23,34H,5-7,11H2,1-3H3,(H,31,32)/t15-,16+,22-,23-/m0/s1. The van der Waals surface area contributed by atoms with Crippen molar-refractivity contribution in [3.63, 3.8) is 0 Å². The second-order valence-electron chi connectivity index (χ2n) is 9.97. The fourth-order valence-electron chi connectivity index (χ4n) is 6.31. The van der Waals surface area contributed by atoms with Crippen LogP contribution >= 0.6 is 0 Å². The Morgan fingerprint density at radius 1 is 1.05 bits per heavy atom. The molecule has 0 spiro atoms. The van der Waals surface area contributed by atoms with Crippen LogP contribution in [0.15, 0.2) is 46.6 Å². The van der Waals surface area contributed by atoms with Crippen LogP contribution in [-0.2, 0) is 24.0 Å². The highest BCUT2D eigenvalue weighted by Gasteiger charge is 2.56. The van der Waals surface area contributed by atoms with Crippen molar-refractivity contribution in [2.45, 2.75) is 32.1 Å². The van der Waals surface area contributed by atoms with Gasteiger partial charge in [-0.3, -0.25) is 28.9 Å². The second kappa shape index (κ2) is 9.27. The quantitative estimate of drug-likeness (QED) is 0.327. The summed E-state index contributed by atoms with van der Waals surface area (Å²) >= 11 is 0. The Kier molecular flexibility index (Phi) is 6.21. The summed E-state index contributed by atoms with van der Waals surface area (Å²) in [6.45, 7) is 1.36. The Labute approximate surface area is 218 Å². The number of benzene rings is 1. The molecule has 1 fully saturated rings. The van der Waals surface area contributed by atoms with Gasteiger partial charge in [0.15, 0.2) is 23.1 Å². The first-order valence-corrected chi connectivity index (χ1v) is 12.3. The lowest BCUT2D eigenvalue weighted by atomic mass is 9.59. The van der Waals surface area contributed by atoms with Gasteiger partial charge in [0.1, 0.15) is 0 Å². The number of phenols is 1. The molecule has 0 saturated carbocycles. The number of carbonyl (C=O) groups is 5. The van der Waals surface area contributed by atoms with E-state index in [-0.39, 0.29) is 54.6 Å². The fraction of sp³-hybridized carbons (Fsp3) is 0.393. The number of carboxylic acids is 1. The third-order valence-electron chi connectivity index (χ3n) is 8.04. The number of phenolic OH excluding ortho intramolecular Hbond substituents is 1. The summed E-state index contributed by atoms with van der Waals surface area (Å²) in [6.07, 6.45) is 3.16. The van der Waals surface area contributed by atoms with Crippen LogP contribution in [0.3, 0.4) is 0 Å². The molecule has 4 aliphatic rings. The van der Waals surface area contributed by atoms with Gasteiger partial charge in [0.05, 0.1) is 32.5 Å². The number of fused-ring (bicyclic) bond motifs is 3. The molecule has 1 aromatic rings. The largest absolute Gasteiger partial charge is 0.502 e. The van der Waals surface area contributed by atoms with Gasteiger partial charge in [-0.15, -0.1) is 0 Å². The number of methoxy groups -OCH3 is 2. The van der Waals surface area contributed by atoms with Crippen LogP contribution in [0.1, 0.15) is 37.7 Å². The van der Waals surface area contributed by atoms with Crippen molar-refractivity contribution in [3.05, 3.63) is 52.1 Å². The number of allylic oxidation sites excluding steroid dienone is 6. The van der Waals surface area contributed by atoms with E-state index in [0.29, 0.717) is 22.3 Å². The number of ketones is 2. The van der Waals surface area contributed by atoms with Crippen molar-refractivity contribution in [1.29, 1.82) is 0 Å². The lowest BCUT2D eigenvalue weighted by Gasteiger charge is -2.42. The van der Waals surface area contributed by atoms with E-state index in [1.54, 1.807) is 19.1 Å². The number of hydrogen-bond donors (Lipinski definition) is 2. The van der Waals surface area contributed by atoms with E-state index < -0.39 is 41.5 Å². The average molecular weight is 522 g/mol. The van der Waals surface area contributed by atoms with E-state index in [0.717, 1.165) is 10.5 Å². The maximum atomic E-state index is 13.5. The summed E-state index contributed by atoms with van der Waals surface area (Å²) in [7, 11) is 2.77. The minimum absolute atomic E-state index is 0.116. The minimum Gasteiger partial charge on any atom is -0.502 e. The maximum absolute atomic E-state index is 13.5. The van der Waals surface area contributed by atoms with Gasteiger partial charge in [0.2, 0.25) is 17.6 Å². The molecule has 0 radical (unpaired) electrons. The van der Waals surface area contributed by atoms with Crippen LogP contribution in [0.5, 0.6) is 17.2 Å². The molecule has 10 heteroatoms. The van der Waals surface area contributed by atoms with Crippen LogP contribution in [0.4, 0.5) is 0 Å². The van der Waals surface area contributed by atoms with Crippen molar-refractivity contribution in [2.24, 2.45) is 17.8 Å². The highest BCUT2D eigenvalue weighted by atomic mass is 16.5. The van der Waals surface area contributed by atoms with Gasteiger partial charge in [-0.1, -0.05) is 11.6 Å². The number of aliphatic carboxylic acids is 1. The summed E-state index contributed by atoms with van der Waals surface area (Å²) in [6, 6.07) is 3.16. The van der Waals surface area contributed by atoms with Gasteiger partial charge >= 0.3 is 5.97 Å². The third-order valence-corrected chi connectivity index (χ3v) is 8.04. The van der Waals surface area contributed by atoms with Crippen LogP contribution in [0.25, 0.3) is 0 Å². The van der Waals surface area contributed by atoms with Gasteiger partial charge in [-0.2, -0.15) is 0 Å².